The summed E-state index contributed by atoms with van der Waals surface area (Å²) in [5.74, 6) is 0.0865. The SMILES string of the molecule is Nc1cn[nH]c1NC(=O)c1cccc(Cl)c1. The van der Waals surface area contributed by atoms with Crippen molar-refractivity contribution < 1.29 is 4.79 Å². The van der Waals surface area contributed by atoms with Gasteiger partial charge >= 0.3 is 0 Å². The number of halogens is 1. The number of nitrogens with one attached hydrogen (secondary N) is 2. The fourth-order valence-electron chi connectivity index (χ4n) is 1.21. The van der Waals surface area contributed by atoms with Gasteiger partial charge in [-0.2, -0.15) is 5.10 Å². The van der Waals surface area contributed by atoms with Crippen LogP contribution in [-0.2, 0) is 0 Å². The predicted octanol–water partition coefficient (Wildman–Crippen LogP) is 1.90. The number of hydrogen-bond donors (Lipinski definition) is 3. The molecule has 1 amide bonds. The van der Waals surface area contributed by atoms with E-state index < -0.39 is 0 Å². The van der Waals surface area contributed by atoms with E-state index in [1.54, 1.807) is 24.3 Å². The van der Waals surface area contributed by atoms with Gasteiger partial charge in [-0.3, -0.25) is 9.89 Å². The molecule has 16 heavy (non-hydrogen) atoms. The molecule has 0 spiro atoms. The fourth-order valence-corrected chi connectivity index (χ4v) is 1.40. The van der Waals surface area contributed by atoms with Crippen LogP contribution in [0, 0.1) is 0 Å². The number of H-pyrrole nitrogens is 1. The van der Waals surface area contributed by atoms with E-state index in [0.29, 0.717) is 22.1 Å². The van der Waals surface area contributed by atoms with Crippen molar-refractivity contribution in [3.05, 3.63) is 41.0 Å². The summed E-state index contributed by atoms with van der Waals surface area (Å²) in [5, 5.41) is 9.37. The fraction of sp³-hybridized carbons (Fsp3) is 0. The van der Waals surface area contributed by atoms with Crippen molar-refractivity contribution >= 4 is 29.0 Å². The van der Waals surface area contributed by atoms with Gasteiger partial charge in [0.25, 0.3) is 5.91 Å². The molecular weight excluding hydrogens is 228 g/mol. The van der Waals surface area contributed by atoms with Crippen molar-refractivity contribution in [3.8, 4) is 0 Å². The molecule has 2 rings (SSSR count). The van der Waals surface area contributed by atoms with Crippen molar-refractivity contribution in [2.75, 3.05) is 11.1 Å². The second-order valence-electron chi connectivity index (χ2n) is 3.16. The summed E-state index contributed by atoms with van der Waals surface area (Å²) < 4.78 is 0. The van der Waals surface area contributed by atoms with Gasteiger partial charge in [0.05, 0.1) is 11.9 Å². The van der Waals surface area contributed by atoms with Crippen LogP contribution in [0.1, 0.15) is 10.4 Å². The molecular formula is C10H9ClN4O. The average Bonchev–Trinajstić information content (AvgIpc) is 2.64. The first-order valence-corrected chi connectivity index (χ1v) is 4.90. The third-order valence-electron chi connectivity index (χ3n) is 1.99. The van der Waals surface area contributed by atoms with Crippen molar-refractivity contribution in [1.82, 2.24) is 10.2 Å². The molecule has 2 aromatic rings. The highest BCUT2D eigenvalue weighted by Crippen LogP contribution is 2.15. The number of amides is 1. The molecule has 1 heterocycles. The molecule has 1 aromatic heterocycles. The van der Waals surface area contributed by atoms with Crippen LogP contribution in [0.15, 0.2) is 30.5 Å². The lowest BCUT2D eigenvalue weighted by atomic mass is 10.2. The number of nitrogen functional groups attached to an aromatic ring is 1. The molecule has 0 aliphatic rings. The molecule has 0 saturated carbocycles. The first-order valence-electron chi connectivity index (χ1n) is 4.52. The van der Waals surface area contributed by atoms with Gasteiger partial charge in [0.2, 0.25) is 0 Å². The van der Waals surface area contributed by atoms with Crippen molar-refractivity contribution in [2.45, 2.75) is 0 Å². The summed E-state index contributed by atoms with van der Waals surface area (Å²) in [4.78, 5) is 11.7. The van der Waals surface area contributed by atoms with Crippen molar-refractivity contribution in [3.63, 3.8) is 0 Å². The Morgan fingerprint density at radius 3 is 2.94 bits per heavy atom. The molecule has 4 N–H and O–H groups in total. The molecule has 0 unspecified atom stereocenters. The number of nitrogens with zero attached hydrogens (tertiary/aromatic N) is 1. The van der Waals surface area contributed by atoms with Crippen LogP contribution in [0.3, 0.4) is 0 Å². The van der Waals surface area contributed by atoms with Gasteiger partial charge in [-0.05, 0) is 18.2 Å². The van der Waals surface area contributed by atoms with E-state index in [2.05, 4.69) is 15.5 Å². The smallest absolute Gasteiger partial charge is 0.256 e. The highest BCUT2D eigenvalue weighted by atomic mass is 35.5. The van der Waals surface area contributed by atoms with E-state index in [1.165, 1.54) is 6.20 Å². The highest BCUT2D eigenvalue weighted by Gasteiger charge is 2.09. The molecule has 0 aliphatic carbocycles. The average molecular weight is 237 g/mol. The van der Waals surface area contributed by atoms with Gasteiger partial charge in [-0.15, -0.1) is 0 Å². The van der Waals surface area contributed by atoms with Crippen LogP contribution in [0.2, 0.25) is 5.02 Å². The van der Waals surface area contributed by atoms with Crippen LogP contribution in [-0.4, -0.2) is 16.1 Å². The Kier molecular flexibility index (Phi) is 2.78. The molecule has 82 valence electrons. The Labute approximate surface area is 96.6 Å². The van der Waals surface area contributed by atoms with E-state index >= 15 is 0 Å². The number of hydrogen-bond acceptors (Lipinski definition) is 3. The second-order valence-corrected chi connectivity index (χ2v) is 3.60. The highest BCUT2D eigenvalue weighted by molar-refractivity contribution is 6.31. The number of rotatable bonds is 2. The number of carbonyl (C=O) groups is 1. The van der Waals surface area contributed by atoms with Crippen LogP contribution in [0.5, 0.6) is 0 Å². The molecule has 6 heteroatoms. The number of nitrogens with two attached hydrogens (primary N) is 1. The number of aromatic nitrogens is 2. The van der Waals surface area contributed by atoms with Gasteiger partial charge in [0, 0.05) is 10.6 Å². The van der Waals surface area contributed by atoms with Gasteiger partial charge in [0.1, 0.15) is 0 Å². The number of anilines is 2. The predicted molar refractivity (Wildman–Crippen MR) is 62.4 cm³/mol. The quantitative estimate of drug-likeness (QED) is 0.745. The van der Waals surface area contributed by atoms with Crippen LogP contribution in [0.25, 0.3) is 0 Å². The summed E-state index contributed by atoms with van der Waals surface area (Å²) in [5.41, 5.74) is 6.41. The zero-order valence-electron chi connectivity index (χ0n) is 8.20. The molecule has 0 radical (unpaired) electrons. The molecule has 0 aliphatic heterocycles. The van der Waals surface area contributed by atoms with Gasteiger partial charge in [-0.1, -0.05) is 17.7 Å². The summed E-state index contributed by atoms with van der Waals surface area (Å²) in [6, 6.07) is 6.63. The lowest BCUT2D eigenvalue weighted by Gasteiger charge is -2.03. The summed E-state index contributed by atoms with van der Waals surface area (Å²) >= 11 is 5.78. The van der Waals surface area contributed by atoms with Crippen LogP contribution < -0.4 is 11.1 Å². The molecule has 0 atom stereocenters. The maximum atomic E-state index is 11.7. The Balaban J connectivity index is 2.18. The topological polar surface area (TPSA) is 83.8 Å². The lowest BCUT2D eigenvalue weighted by Crippen LogP contribution is -2.13. The minimum atomic E-state index is -0.293. The zero-order chi connectivity index (χ0) is 11.5. The van der Waals surface area contributed by atoms with E-state index in [-0.39, 0.29) is 5.91 Å². The van der Waals surface area contributed by atoms with E-state index in [4.69, 9.17) is 17.3 Å². The summed E-state index contributed by atoms with van der Waals surface area (Å²) in [6.45, 7) is 0. The standard InChI is InChI=1S/C10H9ClN4O/c11-7-3-1-2-6(4-7)10(16)14-9-8(12)5-13-15-9/h1-5H,12H2,(H2,13,14,15,16). The maximum absolute atomic E-state index is 11.7. The van der Waals surface area contributed by atoms with Crippen LogP contribution in [0.4, 0.5) is 11.5 Å². The van der Waals surface area contributed by atoms with Gasteiger partial charge < -0.3 is 11.1 Å². The summed E-state index contributed by atoms with van der Waals surface area (Å²) in [7, 11) is 0. The maximum Gasteiger partial charge on any atom is 0.256 e. The van der Waals surface area contributed by atoms with E-state index in [0.717, 1.165) is 0 Å². The minimum Gasteiger partial charge on any atom is -0.394 e. The Morgan fingerprint density at radius 1 is 1.50 bits per heavy atom. The van der Waals surface area contributed by atoms with Crippen molar-refractivity contribution in [1.29, 1.82) is 0 Å². The lowest BCUT2D eigenvalue weighted by molar-refractivity contribution is 0.102. The van der Waals surface area contributed by atoms with E-state index in [9.17, 15) is 4.79 Å². The monoisotopic (exact) mass is 236 g/mol. The Morgan fingerprint density at radius 2 is 2.31 bits per heavy atom. The van der Waals surface area contributed by atoms with E-state index in [1.807, 2.05) is 0 Å². The Bertz CT molecular complexity index is 523. The molecule has 0 bridgehead atoms. The third-order valence-corrected chi connectivity index (χ3v) is 2.23. The first kappa shape index (κ1) is 10.5. The van der Waals surface area contributed by atoms with Crippen LogP contribution >= 0.6 is 11.6 Å². The van der Waals surface area contributed by atoms with Crippen molar-refractivity contribution in [2.24, 2.45) is 0 Å². The zero-order valence-corrected chi connectivity index (χ0v) is 8.95. The van der Waals surface area contributed by atoms with Gasteiger partial charge in [0.15, 0.2) is 5.82 Å². The molecule has 0 saturated heterocycles. The number of carbonyl (C=O) groups excluding carboxylic acids is 1. The normalized spacial score (nSPS) is 10.1. The van der Waals surface area contributed by atoms with Gasteiger partial charge in [-0.25, -0.2) is 0 Å². The minimum absolute atomic E-state index is 0.293. The number of benzene rings is 1. The second kappa shape index (κ2) is 4.24. The third kappa shape index (κ3) is 2.14. The summed E-state index contributed by atoms with van der Waals surface area (Å²) in [6.07, 6.45) is 1.42. The molecule has 1 aromatic carbocycles. The molecule has 5 nitrogen and oxygen atoms in total. The molecule has 0 fully saturated rings. The Hall–Kier alpha value is -2.01. The largest absolute Gasteiger partial charge is 0.394 e. The number of aromatic amines is 1. The first-order chi connectivity index (χ1) is 7.66.